The van der Waals surface area contributed by atoms with E-state index in [9.17, 15) is 5.11 Å². The van der Waals surface area contributed by atoms with Crippen LogP contribution in [0, 0.1) is 0 Å². The number of rotatable bonds is 6. The Bertz CT molecular complexity index is 518. The van der Waals surface area contributed by atoms with Gasteiger partial charge in [0.1, 0.15) is 5.01 Å². The van der Waals surface area contributed by atoms with E-state index in [-0.39, 0.29) is 6.61 Å². The Labute approximate surface area is 127 Å². The Morgan fingerprint density at radius 3 is 2.85 bits per heavy atom. The normalized spacial score (nSPS) is 16.3. The molecule has 0 amide bonds. The number of nitrogens with zero attached hydrogens (tertiary/aromatic N) is 2. The third kappa shape index (κ3) is 3.28. The minimum Gasteiger partial charge on any atom is -0.395 e. The first kappa shape index (κ1) is 14.2. The van der Waals surface area contributed by atoms with Gasteiger partial charge in [-0.05, 0) is 24.3 Å². The van der Waals surface area contributed by atoms with Crippen LogP contribution in [0.5, 0.6) is 0 Å². The van der Waals surface area contributed by atoms with Crippen molar-refractivity contribution in [1.29, 1.82) is 0 Å². The first-order chi connectivity index (χ1) is 9.86. The molecule has 0 spiro atoms. The van der Waals surface area contributed by atoms with Gasteiger partial charge in [-0.25, -0.2) is 4.98 Å². The second-order valence-electron chi connectivity index (χ2n) is 5.29. The van der Waals surface area contributed by atoms with E-state index in [0.29, 0.717) is 6.04 Å². The Morgan fingerprint density at radius 1 is 1.30 bits per heavy atom. The van der Waals surface area contributed by atoms with Crippen LogP contribution in [0.2, 0.25) is 0 Å². The number of thiazole rings is 1. The van der Waals surface area contributed by atoms with E-state index in [1.807, 2.05) is 0 Å². The molecule has 0 aromatic carbocycles. The van der Waals surface area contributed by atoms with E-state index < -0.39 is 0 Å². The van der Waals surface area contributed by atoms with Crippen molar-refractivity contribution >= 4 is 22.7 Å². The smallest absolute Gasteiger partial charge is 0.124 e. The number of hydrogen-bond donors (Lipinski definition) is 1. The van der Waals surface area contributed by atoms with Crippen LogP contribution in [0.3, 0.4) is 0 Å². The molecule has 1 saturated carbocycles. The highest BCUT2D eigenvalue weighted by atomic mass is 32.1. The molecule has 5 heteroatoms. The van der Waals surface area contributed by atoms with Crippen molar-refractivity contribution in [3.05, 3.63) is 27.9 Å². The first-order valence-electron chi connectivity index (χ1n) is 7.18. The van der Waals surface area contributed by atoms with Gasteiger partial charge in [0.2, 0.25) is 0 Å². The van der Waals surface area contributed by atoms with Gasteiger partial charge in [-0.1, -0.05) is 12.8 Å². The first-order valence-corrected chi connectivity index (χ1v) is 9.01. The number of aliphatic hydroxyl groups is 1. The van der Waals surface area contributed by atoms with Crippen LogP contribution in [0.4, 0.5) is 0 Å². The second kappa shape index (κ2) is 6.80. The van der Waals surface area contributed by atoms with E-state index in [4.69, 9.17) is 4.98 Å². The van der Waals surface area contributed by atoms with Gasteiger partial charge >= 0.3 is 0 Å². The minimum atomic E-state index is 0.234. The molecule has 1 aliphatic carbocycles. The summed E-state index contributed by atoms with van der Waals surface area (Å²) < 4.78 is 0. The van der Waals surface area contributed by atoms with Crippen molar-refractivity contribution in [1.82, 2.24) is 9.88 Å². The molecule has 0 saturated heterocycles. The zero-order chi connectivity index (χ0) is 13.8. The number of hydrogen-bond acceptors (Lipinski definition) is 5. The molecule has 0 atom stereocenters. The minimum absolute atomic E-state index is 0.234. The lowest BCUT2D eigenvalue weighted by atomic mass is 10.2. The molecular weight excluding hydrogens is 288 g/mol. The summed E-state index contributed by atoms with van der Waals surface area (Å²) in [5.74, 6) is 0. The summed E-state index contributed by atoms with van der Waals surface area (Å²) in [6.07, 6.45) is 5.18. The second-order valence-corrected chi connectivity index (χ2v) is 6.93. The summed E-state index contributed by atoms with van der Waals surface area (Å²) in [6.45, 7) is 1.86. The molecule has 3 nitrogen and oxygen atoms in total. The molecule has 20 heavy (non-hydrogen) atoms. The summed E-state index contributed by atoms with van der Waals surface area (Å²) in [5.41, 5.74) is 2.36. The van der Waals surface area contributed by atoms with E-state index >= 15 is 0 Å². The van der Waals surface area contributed by atoms with Gasteiger partial charge in [-0.2, -0.15) is 11.3 Å². The van der Waals surface area contributed by atoms with Crippen LogP contribution < -0.4 is 0 Å². The molecule has 1 N–H and O–H groups in total. The van der Waals surface area contributed by atoms with Gasteiger partial charge in [-0.15, -0.1) is 11.3 Å². The summed E-state index contributed by atoms with van der Waals surface area (Å²) in [5, 5.41) is 16.8. The maximum absolute atomic E-state index is 9.27. The molecule has 0 radical (unpaired) electrons. The van der Waals surface area contributed by atoms with Crippen LogP contribution in [0.1, 0.15) is 31.4 Å². The van der Waals surface area contributed by atoms with Crippen molar-refractivity contribution in [2.75, 3.05) is 13.2 Å². The topological polar surface area (TPSA) is 36.4 Å². The predicted molar refractivity (Wildman–Crippen MR) is 85.2 cm³/mol. The molecule has 2 aromatic rings. The van der Waals surface area contributed by atoms with Gasteiger partial charge in [0.15, 0.2) is 0 Å². The van der Waals surface area contributed by atoms with Crippen molar-refractivity contribution in [2.24, 2.45) is 0 Å². The molecule has 2 aromatic heterocycles. The molecule has 3 rings (SSSR count). The van der Waals surface area contributed by atoms with Crippen LogP contribution in [-0.4, -0.2) is 34.2 Å². The maximum atomic E-state index is 9.27. The lowest BCUT2D eigenvalue weighted by molar-refractivity contribution is 0.143. The molecule has 0 unspecified atom stereocenters. The maximum Gasteiger partial charge on any atom is 0.124 e. The van der Waals surface area contributed by atoms with Crippen molar-refractivity contribution in [3.8, 4) is 10.6 Å². The largest absolute Gasteiger partial charge is 0.395 e. The Hall–Kier alpha value is -0.750. The highest BCUT2D eigenvalue weighted by molar-refractivity contribution is 7.14. The average Bonchev–Trinajstić information content (AvgIpc) is 3.20. The van der Waals surface area contributed by atoms with Crippen molar-refractivity contribution < 1.29 is 5.11 Å². The summed E-state index contributed by atoms with van der Waals surface area (Å²) >= 11 is 3.43. The lowest BCUT2D eigenvalue weighted by Gasteiger charge is -2.27. The van der Waals surface area contributed by atoms with Crippen LogP contribution in [0.25, 0.3) is 10.6 Å². The molecule has 2 heterocycles. The Balaban J connectivity index is 1.68. The van der Waals surface area contributed by atoms with Crippen LogP contribution in [-0.2, 0) is 6.54 Å². The molecule has 0 bridgehead atoms. The zero-order valence-corrected chi connectivity index (χ0v) is 13.1. The van der Waals surface area contributed by atoms with Gasteiger partial charge < -0.3 is 5.11 Å². The summed E-state index contributed by atoms with van der Waals surface area (Å²) in [7, 11) is 0. The van der Waals surface area contributed by atoms with Crippen molar-refractivity contribution in [2.45, 2.75) is 38.3 Å². The average molecular weight is 308 g/mol. The van der Waals surface area contributed by atoms with Crippen LogP contribution in [0.15, 0.2) is 22.2 Å². The SMILES string of the molecule is OCCN(Cc1csc(-c2ccsc2)n1)C1CCCC1. The number of thiophene rings is 1. The summed E-state index contributed by atoms with van der Waals surface area (Å²) in [4.78, 5) is 7.15. The van der Waals surface area contributed by atoms with Gasteiger partial charge in [0.05, 0.1) is 12.3 Å². The monoisotopic (exact) mass is 308 g/mol. The summed E-state index contributed by atoms with van der Waals surface area (Å²) in [6, 6.07) is 2.75. The highest BCUT2D eigenvalue weighted by Gasteiger charge is 2.22. The number of aliphatic hydroxyl groups excluding tert-OH is 1. The fourth-order valence-corrected chi connectivity index (χ4v) is 4.42. The Morgan fingerprint density at radius 2 is 2.15 bits per heavy atom. The molecular formula is C15H20N2OS2. The molecule has 1 aliphatic rings. The van der Waals surface area contributed by atoms with Gasteiger partial charge in [0.25, 0.3) is 0 Å². The fraction of sp³-hybridized carbons (Fsp3) is 0.533. The fourth-order valence-electron chi connectivity index (χ4n) is 2.90. The molecule has 0 aliphatic heterocycles. The van der Waals surface area contributed by atoms with Crippen LogP contribution >= 0.6 is 22.7 Å². The lowest BCUT2D eigenvalue weighted by Crippen LogP contribution is -2.35. The van der Waals surface area contributed by atoms with E-state index in [0.717, 1.165) is 23.8 Å². The van der Waals surface area contributed by atoms with E-state index in [1.165, 1.54) is 31.2 Å². The predicted octanol–water partition coefficient (Wildman–Crippen LogP) is 3.61. The van der Waals surface area contributed by atoms with Crippen molar-refractivity contribution in [3.63, 3.8) is 0 Å². The molecule has 1 fully saturated rings. The Kier molecular flexibility index (Phi) is 4.83. The van der Waals surface area contributed by atoms with Gasteiger partial charge in [0, 0.05) is 35.5 Å². The quantitative estimate of drug-likeness (QED) is 0.885. The zero-order valence-electron chi connectivity index (χ0n) is 11.5. The highest BCUT2D eigenvalue weighted by Crippen LogP contribution is 2.28. The number of aromatic nitrogens is 1. The van der Waals surface area contributed by atoms with Gasteiger partial charge in [-0.3, -0.25) is 4.90 Å². The van der Waals surface area contributed by atoms with E-state index in [2.05, 4.69) is 27.1 Å². The molecule has 108 valence electrons. The van der Waals surface area contributed by atoms with E-state index in [1.54, 1.807) is 22.7 Å². The third-order valence-corrected chi connectivity index (χ3v) is 5.54. The third-order valence-electron chi connectivity index (χ3n) is 3.91. The standard InChI is InChI=1S/C15H20N2OS2/c18-7-6-17(14-3-1-2-4-14)9-13-11-20-15(16-13)12-5-8-19-10-12/h5,8,10-11,14,18H,1-4,6-7,9H2.